The Labute approximate surface area is 110 Å². The van der Waals surface area contributed by atoms with Gasteiger partial charge in [-0.2, -0.15) is 4.73 Å². The Morgan fingerprint density at radius 3 is 2.58 bits per heavy atom. The summed E-state index contributed by atoms with van der Waals surface area (Å²) < 4.78 is 0.760. The van der Waals surface area contributed by atoms with Crippen molar-refractivity contribution < 1.29 is 14.6 Å². The van der Waals surface area contributed by atoms with Gasteiger partial charge in [0.1, 0.15) is 0 Å². The Hall–Kier alpha value is -2.62. The van der Waals surface area contributed by atoms with Crippen LogP contribution in [0, 0.1) is 5.21 Å². The lowest BCUT2D eigenvalue weighted by molar-refractivity contribution is -0.604. The highest BCUT2D eigenvalue weighted by Crippen LogP contribution is 2.18. The van der Waals surface area contributed by atoms with E-state index in [1.165, 1.54) is 12.4 Å². The molecular formula is C15H13NO3. The standard InChI is InChI=1S/C15H13NO3/c17-15(18)5-1-3-12-6-8-13(9-7-12)14-4-2-10-16(19)11-14/h1-4,6-11H,5H2,(H,17,18)/b3-1+. The van der Waals surface area contributed by atoms with Crippen molar-refractivity contribution in [3.05, 3.63) is 65.6 Å². The second-order valence-corrected chi connectivity index (χ2v) is 4.07. The number of carbonyl (C=O) groups is 1. The molecule has 1 heterocycles. The zero-order chi connectivity index (χ0) is 13.7. The van der Waals surface area contributed by atoms with Crippen molar-refractivity contribution in [2.24, 2.45) is 0 Å². The zero-order valence-electron chi connectivity index (χ0n) is 10.2. The number of hydrogen-bond donors (Lipinski definition) is 1. The van der Waals surface area contributed by atoms with Crippen LogP contribution in [0.15, 0.2) is 54.9 Å². The van der Waals surface area contributed by atoms with E-state index in [0.29, 0.717) is 0 Å². The van der Waals surface area contributed by atoms with Gasteiger partial charge in [-0.05, 0) is 17.2 Å². The highest BCUT2D eigenvalue weighted by atomic mass is 16.5. The summed E-state index contributed by atoms with van der Waals surface area (Å²) in [6.07, 6.45) is 6.32. The predicted octanol–water partition coefficient (Wildman–Crippen LogP) is 2.47. The van der Waals surface area contributed by atoms with Gasteiger partial charge in [0.15, 0.2) is 12.4 Å². The van der Waals surface area contributed by atoms with E-state index in [4.69, 9.17) is 5.11 Å². The maximum absolute atomic E-state index is 11.2. The van der Waals surface area contributed by atoms with Crippen molar-refractivity contribution in [3.8, 4) is 11.1 Å². The molecule has 96 valence electrons. The number of rotatable bonds is 4. The van der Waals surface area contributed by atoms with Gasteiger partial charge >= 0.3 is 5.97 Å². The van der Waals surface area contributed by atoms with Crippen LogP contribution < -0.4 is 4.73 Å². The maximum atomic E-state index is 11.2. The van der Waals surface area contributed by atoms with Gasteiger partial charge in [0.25, 0.3) is 0 Å². The lowest BCUT2D eigenvalue weighted by atomic mass is 10.1. The second kappa shape index (κ2) is 5.82. The van der Waals surface area contributed by atoms with Crippen molar-refractivity contribution in [1.29, 1.82) is 0 Å². The molecule has 0 fully saturated rings. The van der Waals surface area contributed by atoms with Crippen molar-refractivity contribution in [2.75, 3.05) is 0 Å². The van der Waals surface area contributed by atoms with Crippen LogP contribution >= 0.6 is 0 Å². The van der Waals surface area contributed by atoms with Crippen LogP contribution in [0.1, 0.15) is 12.0 Å². The van der Waals surface area contributed by atoms with Gasteiger partial charge in [-0.1, -0.05) is 36.4 Å². The molecule has 1 aromatic carbocycles. The van der Waals surface area contributed by atoms with Gasteiger partial charge in [0, 0.05) is 11.6 Å². The fourth-order valence-electron chi connectivity index (χ4n) is 1.71. The summed E-state index contributed by atoms with van der Waals surface area (Å²) in [5, 5.41) is 19.7. The Bertz CT molecular complexity index is 603. The largest absolute Gasteiger partial charge is 0.619 e. The van der Waals surface area contributed by atoms with Gasteiger partial charge in [-0.15, -0.1) is 0 Å². The van der Waals surface area contributed by atoms with E-state index >= 15 is 0 Å². The molecule has 0 saturated carbocycles. The molecule has 0 atom stereocenters. The summed E-state index contributed by atoms with van der Waals surface area (Å²) in [7, 11) is 0. The minimum absolute atomic E-state index is 0.0105. The summed E-state index contributed by atoms with van der Waals surface area (Å²) in [5.74, 6) is -0.850. The first-order chi connectivity index (χ1) is 9.15. The first-order valence-electron chi connectivity index (χ1n) is 5.83. The van der Waals surface area contributed by atoms with Crippen LogP contribution in [0.4, 0.5) is 0 Å². The van der Waals surface area contributed by atoms with E-state index in [0.717, 1.165) is 21.4 Å². The lowest BCUT2D eigenvalue weighted by Gasteiger charge is -2.02. The highest BCUT2D eigenvalue weighted by Gasteiger charge is 2.00. The maximum Gasteiger partial charge on any atom is 0.307 e. The molecule has 2 aromatic rings. The molecule has 0 bridgehead atoms. The minimum Gasteiger partial charge on any atom is -0.619 e. The van der Waals surface area contributed by atoms with Crippen LogP contribution in [-0.4, -0.2) is 11.1 Å². The molecular weight excluding hydrogens is 242 g/mol. The molecule has 4 heteroatoms. The molecule has 0 saturated heterocycles. The van der Waals surface area contributed by atoms with E-state index < -0.39 is 5.97 Å². The summed E-state index contributed by atoms with van der Waals surface area (Å²) in [6, 6.07) is 11.1. The molecule has 0 unspecified atom stereocenters. The minimum atomic E-state index is -0.850. The third-order valence-electron chi connectivity index (χ3n) is 2.62. The van der Waals surface area contributed by atoms with Gasteiger partial charge in [-0.25, -0.2) is 0 Å². The molecule has 0 aliphatic rings. The van der Waals surface area contributed by atoms with Crippen molar-refractivity contribution >= 4 is 12.0 Å². The number of carboxylic acid groups (broad SMARTS) is 1. The van der Waals surface area contributed by atoms with Crippen LogP contribution in [0.5, 0.6) is 0 Å². The number of aromatic nitrogens is 1. The monoisotopic (exact) mass is 255 g/mol. The van der Waals surface area contributed by atoms with E-state index in [9.17, 15) is 10.0 Å². The van der Waals surface area contributed by atoms with Crippen molar-refractivity contribution in [3.63, 3.8) is 0 Å². The number of carboxylic acids is 1. The fraction of sp³-hybridized carbons (Fsp3) is 0.0667. The SMILES string of the molecule is O=C(O)C/C=C/c1ccc(-c2ccc[n+]([O-])c2)cc1. The highest BCUT2D eigenvalue weighted by molar-refractivity contribution is 5.71. The summed E-state index contributed by atoms with van der Waals surface area (Å²) in [6.45, 7) is 0. The molecule has 4 nitrogen and oxygen atoms in total. The predicted molar refractivity (Wildman–Crippen MR) is 72.1 cm³/mol. The van der Waals surface area contributed by atoms with Crippen molar-refractivity contribution in [2.45, 2.75) is 6.42 Å². The number of aliphatic carboxylic acids is 1. The summed E-state index contributed by atoms with van der Waals surface area (Å²) in [5.41, 5.74) is 2.72. The molecule has 19 heavy (non-hydrogen) atoms. The molecule has 0 amide bonds. The number of hydrogen-bond acceptors (Lipinski definition) is 2. The molecule has 1 N–H and O–H groups in total. The van der Waals surface area contributed by atoms with Gasteiger partial charge < -0.3 is 10.3 Å². The van der Waals surface area contributed by atoms with Gasteiger partial charge in [0.05, 0.1) is 6.42 Å². The first kappa shape index (κ1) is 12.8. The molecule has 0 spiro atoms. The molecule has 0 aliphatic carbocycles. The van der Waals surface area contributed by atoms with E-state index in [2.05, 4.69) is 0 Å². The number of pyridine rings is 1. The van der Waals surface area contributed by atoms with Gasteiger partial charge in [-0.3, -0.25) is 4.79 Å². The molecule has 0 radical (unpaired) electrons. The van der Waals surface area contributed by atoms with E-state index in [-0.39, 0.29) is 6.42 Å². The normalized spacial score (nSPS) is 10.7. The molecule has 1 aromatic heterocycles. The third-order valence-corrected chi connectivity index (χ3v) is 2.62. The summed E-state index contributed by atoms with van der Waals surface area (Å²) >= 11 is 0. The average Bonchev–Trinajstić information content (AvgIpc) is 2.39. The van der Waals surface area contributed by atoms with E-state index in [1.807, 2.05) is 30.3 Å². The van der Waals surface area contributed by atoms with Gasteiger partial charge in [0.2, 0.25) is 0 Å². The third kappa shape index (κ3) is 3.67. The van der Waals surface area contributed by atoms with Crippen LogP contribution in [-0.2, 0) is 4.79 Å². The quantitative estimate of drug-likeness (QED) is 0.674. The molecule has 0 aliphatic heterocycles. The number of benzene rings is 1. The summed E-state index contributed by atoms with van der Waals surface area (Å²) in [4.78, 5) is 10.4. The Kier molecular flexibility index (Phi) is 3.93. The van der Waals surface area contributed by atoms with Crippen molar-refractivity contribution in [1.82, 2.24) is 0 Å². The second-order valence-electron chi connectivity index (χ2n) is 4.07. The Morgan fingerprint density at radius 1 is 1.21 bits per heavy atom. The smallest absolute Gasteiger partial charge is 0.307 e. The Balaban J connectivity index is 2.14. The topological polar surface area (TPSA) is 64.2 Å². The Morgan fingerprint density at radius 2 is 1.95 bits per heavy atom. The number of nitrogens with zero attached hydrogens (tertiary/aromatic N) is 1. The fourth-order valence-corrected chi connectivity index (χ4v) is 1.71. The van der Waals surface area contributed by atoms with Crippen LogP contribution in [0.25, 0.3) is 17.2 Å². The average molecular weight is 255 g/mol. The zero-order valence-corrected chi connectivity index (χ0v) is 10.2. The first-order valence-corrected chi connectivity index (χ1v) is 5.83. The van der Waals surface area contributed by atoms with Crippen LogP contribution in [0.2, 0.25) is 0 Å². The molecule has 2 rings (SSSR count). The van der Waals surface area contributed by atoms with Crippen LogP contribution in [0.3, 0.4) is 0 Å². The lowest BCUT2D eigenvalue weighted by Crippen LogP contribution is -2.23. The van der Waals surface area contributed by atoms with E-state index in [1.54, 1.807) is 18.2 Å².